The molecule has 20 heavy (non-hydrogen) atoms. The van der Waals surface area contributed by atoms with Gasteiger partial charge in [-0.15, -0.1) is 0 Å². The molecule has 0 spiro atoms. The smallest absolute Gasteiger partial charge is 0.133 e. The zero-order valence-electron chi connectivity index (χ0n) is 11.8. The number of halogens is 1. The van der Waals surface area contributed by atoms with Crippen molar-refractivity contribution in [2.45, 2.75) is 19.4 Å². The number of nitrogens with zero attached hydrogens (tertiary/aromatic N) is 1. The molecule has 0 aliphatic rings. The Morgan fingerprint density at radius 2 is 2.00 bits per heavy atom. The molecule has 4 heteroatoms. The number of aromatic nitrogens is 1. The van der Waals surface area contributed by atoms with Crippen molar-refractivity contribution in [3.8, 4) is 5.75 Å². The van der Waals surface area contributed by atoms with Crippen LogP contribution in [0, 0.1) is 0 Å². The van der Waals surface area contributed by atoms with E-state index in [9.17, 15) is 0 Å². The number of nitrogens with one attached hydrogen (secondary N) is 1. The highest BCUT2D eigenvalue weighted by molar-refractivity contribution is 9.10. The van der Waals surface area contributed by atoms with Crippen molar-refractivity contribution in [1.82, 2.24) is 10.3 Å². The molecular formula is C16H19BrN2O. The molecule has 0 saturated carbocycles. The monoisotopic (exact) mass is 334 g/mol. The Morgan fingerprint density at radius 1 is 1.25 bits per heavy atom. The molecule has 0 radical (unpaired) electrons. The zero-order chi connectivity index (χ0) is 14.4. The van der Waals surface area contributed by atoms with Gasteiger partial charge in [0.25, 0.3) is 0 Å². The number of methoxy groups -OCH3 is 1. The molecule has 0 aliphatic heterocycles. The molecule has 1 N–H and O–H groups in total. The van der Waals surface area contributed by atoms with Crippen LogP contribution in [0.2, 0.25) is 0 Å². The van der Waals surface area contributed by atoms with E-state index in [0.717, 1.165) is 23.2 Å². The average molecular weight is 335 g/mol. The highest BCUT2D eigenvalue weighted by atomic mass is 79.9. The molecule has 1 unspecified atom stereocenters. The van der Waals surface area contributed by atoms with E-state index in [0.29, 0.717) is 6.04 Å². The summed E-state index contributed by atoms with van der Waals surface area (Å²) in [6.45, 7) is 3.06. The first-order valence-electron chi connectivity index (χ1n) is 6.70. The van der Waals surface area contributed by atoms with E-state index in [2.05, 4.69) is 57.4 Å². The molecule has 0 saturated heterocycles. The summed E-state index contributed by atoms with van der Waals surface area (Å²) in [4.78, 5) is 4.08. The molecule has 3 nitrogen and oxygen atoms in total. The Bertz CT molecular complexity index is 545. The topological polar surface area (TPSA) is 34.1 Å². The molecule has 0 amide bonds. The summed E-state index contributed by atoms with van der Waals surface area (Å²) < 4.78 is 6.25. The summed E-state index contributed by atoms with van der Waals surface area (Å²) >= 11 is 3.54. The van der Waals surface area contributed by atoms with E-state index in [1.807, 2.05) is 18.5 Å². The van der Waals surface area contributed by atoms with Gasteiger partial charge < -0.3 is 10.1 Å². The second-order valence-corrected chi connectivity index (χ2v) is 5.42. The fourth-order valence-corrected chi connectivity index (χ4v) is 2.81. The lowest BCUT2D eigenvalue weighted by molar-refractivity contribution is 0.412. The van der Waals surface area contributed by atoms with Gasteiger partial charge in [0.05, 0.1) is 11.6 Å². The van der Waals surface area contributed by atoms with Crippen LogP contribution < -0.4 is 10.1 Å². The lowest BCUT2D eigenvalue weighted by Gasteiger charge is -2.18. The van der Waals surface area contributed by atoms with E-state index in [4.69, 9.17) is 4.74 Å². The van der Waals surface area contributed by atoms with E-state index in [-0.39, 0.29) is 0 Å². The van der Waals surface area contributed by atoms with Crippen molar-refractivity contribution < 1.29 is 4.74 Å². The Hall–Kier alpha value is -1.39. The minimum atomic E-state index is 0.295. The molecule has 2 aromatic rings. The Morgan fingerprint density at radius 3 is 2.60 bits per heavy atom. The van der Waals surface area contributed by atoms with Crippen molar-refractivity contribution in [2.75, 3.05) is 13.7 Å². The third-order valence-corrected chi connectivity index (χ3v) is 3.83. The van der Waals surface area contributed by atoms with Crippen molar-refractivity contribution in [2.24, 2.45) is 0 Å². The molecule has 0 bridgehead atoms. The molecule has 1 aromatic heterocycles. The van der Waals surface area contributed by atoms with Gasteiger partial charge in [-0.2, -0.15) is 0 Å². The normalized spacial score (nSPS) is 12.2. The quantitative estimate of drug-likeness (QED) is 0.873. The SMILES string of the molecule is CCNC(Cc1ccc(OC)c(Br)c1)c1ccncc1. The van der Waals surface area contributed by atoms with Crippen LogP contribution in [0.1, 0.15) is 24.1 Å². The maximum absolute atomic E-state index is 5.27. The predicted octanol–water partition coefficient (Wildman–Crippen LogP) is 3.75. The Kier molecular flexibility index (Phi) is 5.56. The van der Waals surface area contributed by atoms with Crippen molar-refractivity contribution in [3.63, 3.8) is 0 Å². The second kappa shape index (κ2) is 7.41. The molecule has 1 atom stereocenters. The van der Waals surface area contributed by atoms with Gasteiger partial charge in [0.15, 0.2) is 0 Å². The Labute approximate surface area is 128 Å². The van der Waals surface area contributed by atoms with Crippen LogP contribution in [0.25, 0.3) is 0 Å². The third-order valence-electron chi connectivity index (χ3n) is 3.22. The second-order valence-electron chi connectivity index (χ2n) is 4.56. The summed E-state index contributed by atoms with van der Waals surface area (Å²) in [6.07, 6.45) is 4.60. The molecule has 0 aliphatic carbocycles. The van der Waals surface area contributed by atoms with Crippen molar-refractivity contribution in [1.29, 1.82) is 0 Å². The molecule has 1 aromatic carbocycles. The number of rotatable bonds is 6. The fourth-order valence-electron chi connectivity index (χ4n) is 2.22. The number of hydrogen-bond acceptors (Lipinski definition) is 3. The first-order valence-corrected chi connectivity index (χ1v) is 7.49. The number of benzene rings is 1. The molecule has 1 heterocycles. The van der Waals surface area contributed by atoms with E-state index >= 15 is 0 Å². The van der Waals surface area contributed by atoms with Crippen LogP contribution in [-0.2, 0) is 6.42 Å². The van der Waals surface area contributed by atoms with Gasteiger partial charge in [0.1, 0.15) is 5.75 Å². The first-order chi connectivity index (χ1) is 9.74. The van der Waals surface area contributed by atoms with E-state index < -0.39 is 0 Å². The van der Waals surface area contributed by atoms with Gasteiger partial charge in [0.2, 0.25) is 0 Å². The summed E-state index contributed by atoms with van der Waals surface area (Å²) in [5, 5.41) is 3.52. The standard InChI is InChI=1S/C16H19BrN2O/c1-3-19-15(13-6-8-18-9-7-13)11-12-4-5-16(20-2)14(17)10-12/h4-10,15,19H,3,11H2,1-2H3. The number of ether oxygens (including phenoxy) is 1. The minimum Gasteiger partial charge on any atom is -0.496 e. The van der Waals surface area contributed by atoms with Gasteiger partial charge in [-0.05, 0) is 64.3 Å². The largest absolute Gasteiger partial charge is 0.496 e. The fraction of sp³-hybridized carbons (Fsp3) is 0.312. The predicted molar refractivity (Wildman–Crippen MR) is 85.1 cm³/mol. The van der Waals surface area contributed by atoms with Crippen LogP contribution in [0.5, 0.6) is 5.75 Å². The average Bonchev–Trinajstić information content (AvgIpc) is 2.48. The van der Waals surface area contributed by atoms with Crippen molar-refractivity contribution >= 4 is 15.9 Å². The van der Waals surface area contributed by atoms with Crippen molar-refractivity contribution in [3.05, 3.63) is 58.3 Å². The van der Waals surface area contributed by atoms with Gasteiger partial charge in [-0.1, -0.05) is 13.0 Å². The first kappa shape index (κ1) is 15.0. The third kappa shape index (κ3) is 3.81. The summed E-state index contributed by atoms with van der Waals surface area (Å²) in [6, 6.07) is 10.6. The summed E-state index contributed by atoms with van der Waals surface area (Å²) in [5.74, 6) is 0.859. The lowest BCUT2D eigenvalue weighted by Crippen LogP contribution is -2.23. The van der Waals surface area contributed by atoms with Gasteiger partial charge >= 0.3 is 0 Å². The minimum absolute atomic E-state index is 0.295. The Balaban J connectivity index is 2.18. The van der Waals surface area contributed by atoms with Gasteiger partial charge in [0, 0.05) is 18.4 Å². The van der Waals surface area contributed by atoms with Gasteiger partial charge in [-0.3, -0.25) is 4.98 Å². The van der Waals surface area contributed by atoms with Crippen LogP contribution in [0.15, 0.2) is 47.2 Å². The van der Waals surface area contributed by atoms with Crippen LogP contribution in [-0.4, -0.2) is 18.6 Å². The van der Waals surface area contributed by atoms with Crippen LogP contribution in [0.3, 0.4) is 0 Å². The number of likely N-dealkylation sites (N-methyl/N-ethyl adjacent to an activating group) is 1. The molecule has 106 valence electrons. The van der Waals surface area contributed by atoms with E-state index in [1.54, 1.807) is 7.11 Å². The maximum Gasteiger partial charge on any atom is 0.133 e. The number of pyridine rings is 1. The van der Waals surface area contributed by atoms with Crippen LogP contribution in [0.4, 0.5) is 0 Å². The maximum atomic E-state index is 5.27. The highest BCUT2D eigenvalue weighted by Crippen LogP contribution is 2.27. The molecule has 2 rings (SSSR count). The summed E-state index contributed by atoms with van der Waals surface area (Å²) in [5.41, 5.74) is 2.52. The molecule has 0 fully saturated rings. The van der Waals surface area contributed by atoms with E-state index in [1.165, 1.54) is 11.1 Å². The summed E-state index contributed by atoms with van der Waals surface area (Å²) in [7, 11) is 1.68. The molecular weight excluding hydrogens is 316 g/mol. The lowest BCUT2D eigenvalue weighted by atomic mass is 9.99. The zero-order valence-corrected chi connectivity index (χ0v) is 13.4. The van der Waals surface area contributed by atoms with Gasteiger partial charge in [-0.25, -0.2) is 0 Å². The van der Waals surface area contributed by atoms with Crippen LogP contribution >= 0.6 is 15.9 Å². The number of hydrogen-bond donors (Lipinski definition) is 1. The highest BCUT2D eigenvalue weighted by Gasteiger charge is 2.12.